The molecule has 0 saturated carbocycles. The van der Waals surface area contributed by atoms with Crippen LogP contribution in [0.2, 0.25) is 0 Å². The normalized spacial score (nSPS) is 8.60. The van der Waals surface area contributed by atoms with E-state index in [1.54, 1.807) is 0 Å². The average Bonchev–Trinajstić information content (AvgIpc) is 1.91. The molecule has 0 bridgehead atoms. The van der Waals surface area contributed by atoms with Gasteiger partial charge in [0, 0.05) is 13.1 Å². The van der Waals surface area contributed by atoms with E-state index in [0.29, 0.717) is 5.17 Å². The second kappa shape index (κ2) is 5.23. The summed E-state index contributed by atoms with van der Waals surface area (Å²) in [7, 11) is 0. The summed E-state index contributed by atoms with van der Waals surface area (Å²) in [6, 6.07) is 0. The third kappa shape index (κ3) is 2.82. The fourth-order valence-electron chi connectivity index (χ4n) is 0.628. The Morgan fingerprint density at radius 1 is 1.60 bits per heavy atom. The highest BCUT2D eigenvalue weighted by Crippen LogP contribution is 1.93. The third-order valence-corrected chi connectivity index (χ3v) is 1.56. The maximum atomic E-state index is 4.91. The molecule has 0 N–H and O–H groups in total. The smallest absolute Gasteiger partial charge is 0.264 e. The molecular formula is C7H13NOS. The maximum Gasteiger partial charge on any atom is 0.264 e. The summed E-state index contributed by atoms with van der Waals surface area (Å²) < 4.78 is 4.91. The van der Waals surface area contributed by atoms with Crippen LogP contribution in [-0.4, -0.2) is 23.2 Å². The van der Waals surface area contributed by atoms with E-state index >= 15 is 0 Å². The van der Waals surface area contributed by atoms with Crippen LogP contribution in [0.15, 0.2) is 12.8 Å². The maximum absolute atomic E-state index is 4.91. The second-order valence-electron chi connectivity index (χ2n) is 1.72. The first kappa shape index (κ1) is 9.43. The Hall–Kier alpha value is -0.570. The van der Waals surface area contributed by atoms with Gasteiger partial charge in [0.05, 0.1) is 6.26 Å². The van der Waals surface area contributed by atoms with Crippen LogP contribution in [0.25, 0.3) is 0 Å². The molecule has 2 nitrogen and oxygen atoms in total. The summed E-state index contributed by atoms with van der Waals surface area (Å²) in [5.74, 6) is 0. The van der Waals surface area contributed by atoms with Gasteiger partial charge in [-0.2, -0.15) is 0 Å². The van der Waals surface area contributed by atoms with Gasteiger partial charge in [-0.1, -0.05) is 6.58 Å². The number of hydrogen-bond acceptors (Lipinski definition) is 2. The predicted molar refractivity (Wildman–Crippen MR) is 46.8 cm³/mol. The van der Waals surface area contributed by atoms with Crippen LogP contribution < -0.4 is 0 Å². The highest BCUT2D eigenvalue weighted by molar-refractivity contribution is 7.80. The van der Waals surface area contributed by atoms with Crippen molar-refractivity contribution < 1.29 is 4.74 Å². The molecule has 0 saturated heterocycles. The van der Waals surface area contributed by atoms with E-state index < -0.39 is 0 Å². The summed E-state index contributed by atoms with van der Waals surface area (Å²) in [5.41, 5.74) is 0. The van der Waals surface area contributed by atoms with Gasteiger partial charge >= 0.3 is 0 Å². The zero-order valence-electron chi connectivity index (χ0n) is 6.46. The number of rotatable bonds is 3. The minimum Gasteiger partial charge on any atom is -0.440 e. The van der Waals surface area contributed by atoms with E-state index in [4.69, 9.17) is 17.0 Å². The largest absolute Gasteiger partial charge is 0.440 e. The Morgan fingerprint density at radius 2 is 2.10 bits per heavy atom. The van der Waals surface area contributed by atoms with E-state index in [9.17, 15) is 0 Å². The van der Waals surface area contributed by atoms with Gasteiger partial charge in [0.2, 0.25) is 0 Å². The SMILES string of the molecule is C=COC(=S)N(CC)CC. The number of thiocarbonyl (C=S) groups is 1. The number of hydrogen-bond donors (Lipinski definition) is 0. The second-order valence-corrected chi connectivity index (χ2v) is 2.07. The molecule has 0 spiro atoms. The van der Waals surface area contributed by atoms with Gasteiger partial charge in [0.1, 0.15) is 0 Å². The van der Waals surface area contributed by atoms with Gasteiger partial charge < -0.3 is 9.64 Å². The average molecular weight is 159 g/mol. The van der Waals surface area contributed by atoms with Crippen LogP contribution in [-0.2, 0) is 4.74 Å². The molecule has 0 aliphatic heterocycles. The van der Waals surface area contributed by atoms with Gasteiger partial charge in [-0.3, -0.25) is 0 Å². The van der Waals surface area contributed by atoms with E-state index in [-0.39, 0.29) is 0 Å². The van der Waals surface area contributed by atoms with Gasteiger partial charge in [-0.25, -0.2) is 0 Å². The van der Waals surface area contributed by atoms with Crippen molar-refractivity contribution in [2.24, 2.45) is 0 Å². The molecule has 0 aliphatic rings. The van der Waals surface area contributed by atoms with E-state index in [2.05, 4.69) is 6.58 Å². The summed E-state index contributed by atoms with van der Waals surface area (Å²) >= 11 is 4.91. The Balaban J connectivity index is 3.76. The minimum absolute atomic E-state index is 0.500. The van der Waals surface area contributed by atoms with Gasteiger partial charge in [0.15, 0.2) is 0 Å². The first-order valence-corrected chi connectivity index (χ1v) is 3.73. The van der Waals surface area contributed by atoms with Crippen LogP contribution in [0.1, 0.15) is 13.8 Å². The lowest BCUT2D eigenvalue weighted by atomic mass is 10.6. The molecular weight excluding hydrogens is 146 g/mol. The summed E-state index contributed by atoms with van der Waals surface area (Å²) in [5, 5.41) is 0.500. The van der Waals surface area contributed by atoms with Crippen molar-refractivity contribution in [3.05, 3.63) is 12.8 Å². The molecule has 0 atom stereocenters. The molecule has 0 unspecified atom stereocenters. The highest BCUT2D eigenvalue weighted by atomic mass is 32.1. The van der Waals surface area contributed by atoms with Crippen LogP contribution in [0.4, 0.5) is 0 Å². The van der Waals surface area contributed by atoms with E-state index in [1.807, 2.05) is 18.7 Å². The molecule has 10 heavy (non-hydrogen) atoms. The first-order chi connectivity index (χ1) is 4.76. The Morgan fingerprint density at radius 3 is 2.40 bits per heavy atom. The highest BCUT2D eigenvalue weighted by Gasteiger charge is 2.02. The Bertz CT molecular complexity index is 121. The van der Waals surface area contributed by atoms with Crippen LogP contribution in [0.5, 0.6) is 0 Å². The molecule has 0 rings (SSSR count). The molecule has 58 valence electrons. The van der Waals surface area contributed by atoms with Crippen LogP contribution >= 0.6 is 12.2 Å². The molecule has 0 aromatic heterocycles. The monoisotopic (exact) mass is 159 g/mol. The van der Waals surface area contributed by atoms with Crippen molar-refractivity contribution >= 4 is 17.4 Å². The molecule has 3 heteroatoms. The lowest BCUT2D eigenvalue weighted by Gasteiger charge is -2.19. The van der Waals surface area contributed by atoms with Crippen molar-refractivity contribution in [3.63, 3.8) is 0 Å². The van der Waals surface area contributed by atoms with Crippen molar-refractivity contribution in [1.82, 2.24) is 4.90 Å². The standard InChI is InChI=1S/C7H13NOS/c1-4-8(5-2)7(10)9-6-3/h6H,3-5H2,1-2H3. The van der Waals surface area contributed by atoms with Crippen molar-refractivity contribution in [2.75, 3.05) is 13.1 Å². The predicted octanol–water partition coefficient (Wildman–Crippen LogP) is 1.77. The topological polar surface area (TPSA) is 12.5 Å². The zero-order valence-corrected chi connectivity index (χ0v) is 7.28. The van der Waals surface area contributed by atoms with Gasteiger partial charge in [-0.15, -0.1) is 0 Å². The van der Waals surface area contributed by atoms with Gasteiger partial charge in [-0.05, 0) is 26.1 Å². The third-order valence-electron chi connectivity index (χ3n) is 1.21. The van der Waals surface area contributed by atoms with Crippen LogP contribution in [0.3, 0.4) is 0 Å². The molecule has 0 heterocycles. The fraction of sp³-hybridized carbons (Fsp3) is 0.571. The molecule has 0 aromatic rings. The summed E-state index contributed by atoms with van der Waals surface area (Å²) in [4.78, 5) is 1.94. The Labute approximate surface area is 67.5 Å². The molecule has 0 amide bonds. The van der Waals surface area contributed by atoms with Crippen molar-refractivity contribution in [2.45, 2.75) is 13.8 Å². The quantitative estimate of drug-likeness (QED) is 0.460. The van der Waals surface area contributed by atoms with E-state index in [0.717, 1.165) is 13.1 Å². The lowest BCUT2D eigenvalue weighted by Crippen LogP contribution is -2.29. The number of nitrogens with zero attached hydrogens (tertiary/aromatic N) is 1. The first-order valence-electron chi connectivity index (χ1n) is 3.32. The van der Waals surface area contributed by atoms with E-state index in [1.165, 1.54) is 6.26 Å². The van der Waals surface area contributed by atoms with Gasteiger partial charge in [0.25, 0.3) is 5.17 Å². The molecule has 0 aliphatic carbocycles. The van der Waals surface area contributed by atoms with Crippen LogP contribution in [0, 0.1) is 0 Å². The lowest BCUT2D eigenvalue weighted by molar-refractivity contribution is 0.345. The summed E-state index contributed by atoms with van der Waals surface area (Å²) in [6.07, 6.45) is 1.35. The minimum atomic E-state index is 0.500. The fourth-order valence-corrected chi connectivity index (χ4v) is 0.954. The zero-order chi connectivity index (χ0) is 7.98. The summed E-state index contributed by atoms with van der Waals surface area (Å²) in [6.45, 7) is 9.23. The molecule has 0 radical (unpaired) electrons. The Kier molecular flexibility index (Phi) is 4.94. The molecule has 0 aromatic carbocycles. The number of ether oxygens (including phenoxy) is 1. The molecule has 0 fully saturated rings. The van der Waals surface area contributed by atoms with Crippen molar-refractivity contribution in [3.8, 4) is 0 Å². The van der Waals surface area contributed by atoms with Crippen molar-refractivity contribution in [1.29, 1.82) is 0 Å².